The number of aryl methyl sites for hydroxylation is 1. The van der Waals surface area contributed by atoms with E-state index in [0.29, 0.717) is 31.2 Å². The third-order valence-electron chi connectivity index (χ3n) is 3.58. The maximum absolute atomic E-state index is 11.5. The Kier molecular flexibility index (Phi) is 5.93. The van der Waals surface area contributed by atoms with E-state index in [4.69, 9.17) is 4.74 Å². The first kappa shape index (κ1) is 17.2. The average Bonchev–Trinajstić information content (AvgIpc) is 2.38. The third-order valence-corrected chi connectivity index (χ3v) is 3.58. The van der Waals surface area contributed by atoms with Crippen molar-refractivity contribution in [3.63, 3.8) is 0 Å². The fourth-order valence-corrected chi connectivity index (χ4v) is 2.05. The average molecular weight is 295 g/mol. The van der Waals surface area contributed by atoms with Gasteiger partial charge >= 0.3 is 5.97 Å². The van der Waals surface area contributed by atoms with E-state index in [1.807, 2.05) is 34.6 Å². The molecule has 0 aliphatic carbocycles. The van der Waals surface area contributed by atoms with Crippen LogP contribution >= 0.6 is 0 Å². The number of hydrogen-bond acceptors (Lipinski definition) is 5. The van der Waals surface area contributed by atoms with Gasteiger partial charge in [-0.3, -0.25) is 4.79 Å². The Balaban J connectivity index is 2.87. The van der Waals surface area contributed by atoms with Crippen LogP contribution in [0.5, 0.6) is 5.88 Å². The molecule has 1 rings (SSSR count). The molecule has 0 aromatic carbocycles. The standard InChI is InChI=1S/C15H25N3O3/c1-6-15(7-2,13(19)20)9-16-14-17-11(5)8-12(18-14)21-10(3)4/h8,10H,6-7,9H2,1-5H3,(H,19,20)(H,16,17,18). The normalized spacial score (nSPS) is 11.5. The fraction of sp³-hybridized carbons (Fsp3) is 0.667. The van der Waals surface area contributed by atoms with Crippen molar-refractivity contribution in [2.24, 2.45) is 5.41 Å². The lowest BCUT2D eigenvalue weighted by atomic mass is 9.82. The molecule has 2 N–H and O–H groups in total. The van der Waals surface area contributed by atoms with Crippen LogP contribution in [0.3, 0.4) is 0 Å². The Morgan fingerprint density at radius 2 is 2.00 bits per heavy atom. The largest absolute Gasteiger partial charge is 0.481 e. The first-order valence-corrected chi connectivity index (χ1v) is 7.32. The molecule has 0 spiro atoms. The van der Waals surface area contributed by atoms with E-state index >= 15 is 0 Å². The number of hydrogen-bond donors (Lipinski definition) is 2. The molecule has 1 aromatic rings. The molecule has 21 heavy (non-hydrogen) atoms. The zero-order valence-electron chi connectivity index (χ0n) is 13.4. The topological polar surface area (TPSA) is 84.3 Å². The van der Waals surface area contributed by atoms with Gasteiger partial charge in [0.2, 0.25) is 11.8 Å². The Morgan fingerprint density at radius 1 is 1.38 bits per heavy atom. The van der Waals surface area contributed by atoms with Crippen LogP contribution in [-0.4, -0.2) is 33.7 Å². The quantitative estimate of drug-likeness (QED) is 0.767. The van der Waals surface area contributed by atoms with Gasteiger partial charge in [-0.1, -0.05) is 13.8 Å². The number of anilines is 1. The summed E-state index contributed by atoms with van der Waals surface area (Å²) in [7, 11) is 0. The maximum atomic E-state index is 11.5. The predicted octanol–water partition coefficient (Wildman–Crippen LogP) is 2.88. The number of carboxylic acid groups (broad SMARTS) is 1. The second-order valence-corrected chi connectivity index (χ2v) is 5.48. The van der Waals surface area contributed by atoms with Crippen molar-refractivity contribution in [1.82, 2.24) is 9.97 Å². The minimum atomic E-state index is -0.800. The molecule has 0 atom stereocenters. The number of nitrogens with zero attached hydrogens (tertiary/aromatic N) is 2. The minimum absolute atomic E-state index is 0.0246. The summed E-state index contributed by atoms with van der Waals surface area (Å²) in [4.78, 5) is 20.0. The van der Waals surface area contributed by atoms with Crippen molar-refractivity contribution >= 4 is 11.9 Å². The van der Waals surface area contributed by atoms with Gasteiger partial charge in [-0.25, -0.2) is 4.98 Å². The Bertz CT molecular complexity index is 485. The van der Waals surface area contributed by atoms with Crippen LogP contribution in [-0.2, 0) is 4.79 Å². The van der Waals surface area contributed by atoms with Crippen LogP contribution < -0.4 is 10.1 Å². The molecule has 0 unspecified atom stereocenters. The first-order valence-electron chi connectivity index (χ1n) is 7.32. The molecule has 6 nitrogen and oxygen atoms in total. The molecule has 0 bridgehead atoms. The third kappa shape index (κ3) is 4.58. The molecule has 0 amide bonds. The smallest absolute Gasteiger partial charge is 0.311 e. The fourth-order valence-electron chi connectivity index (χ4n) is 2.05. The Hall–Kier alpha value is -1.85. The first-order chi connectivity index (χ1) is 9.82. The van der Waals surface area contributed by atoms with E-state index in [1.165, 1.54) is 0 Å². The van der Waals surface area contributed by atoms with Gasteiger partial charge in [-0.05, 0) is 33.6 Å². The lowest BCUT2D eigenvalue weighted by Crippen LogP contribution is -2.37. The molecule has 0 aliphatic rings. The lowest BCUT2D eigenvalue weighted by molar-refractivity contribution is -0.148. The van der Waals surface area contributed by atoms with Crippen molar-refractivity contribution in [2.45, 2.75) is 53.6 Å². The van der Waals surface area contributed by atoms with E-state index in [2.05, 4.69) is 15.3 Å². The number of nitrogens with one attached hydrogen (secondary N) is 1. The highest BCUT2D eigenvalue weighted by Crippen LogP contribution is 2.27. The van der Waals surface area contributed by atoms with Crippen LogP contribution in [0.4, 0.5) is 5.95 Å². The molecule has 0 radical (unpaired) electrons. The second kappa shape index (κ2) is 7.24. The Labute approximate surface area is 126 Å². The number of carboxylic acids is 1. The number of aromatic nitrogens is 2. The zero-order valence-corrected chi connectivity index (χ0v) is 13.4. The monoisotopic (exact) mass is 295 g/mol. The molecule has 0 saturated heterocycles. The summed E-state index contributed by atoms with van der Waals surface area (Å²) in [5.74, 6) is 0.0957. The Morgan fingerprint density at radius 3 is 2.48 bits per heavy atom. The highest BCUT2D eigenvalue weighted by atomic mass is 16.5. The summed E-state index contributed by atoms with van der Waals surface area (Å²) in [6.07, 6.45) is 1.12. The van der Waals surface area contributed by atoms with Crippen LogP contribution in [0.2, 0.25) is 0 Å². The number of carbonyl (C=O) groups is 1. The van der Waals surface area contributed by atoms with Crippen molar-refractivity contribution < 1.29 is 14.6 Å². The zero-order chi connectivity index (χ0) is 16.0. The van der Waals surface area contributed by atoms with Crippen LogP contribution in [0.25, 0.3) is 0 Å². The van der Waals surface area contributed by atoms with E-state index in [-0.39, 0.29) is 6.10 Å². The molecule has 6 heteroatoms. The molecule has 0 fully saturated rings. The van der Waals surface area contributed by atoms with Crippen LogP contribution in [0.15, 0.2) is 6.07 Å². The molecule has 1 heterocycles. The second-order valence-electron chi connectivity index (χ2n) is 5.48. The van der Waals surface area contributed by atoms with Crippen LogP contribution in [0, 0.1) is 12.3 Å². The molecule has 1 aromatic heterocycles. The van der Waals surface area contributed by atoms with E-state index in [0.717, 1.165) is 5.69 Å². The lowest BCUT2D eigenvalue weighted by Gasteiger charge is -2.26. The number of ether oxygens (including phenoxy) is 1. The van der Waals surface area contributed by atoms with Gasteiger partial charge in [0.25, 0.3) is 0 Å². The minimum Gasteiger partial charge on any atom is -0.481 e. The van der Waals surface area contributed by atoms with Gasteiger partial charge in [0.1, 0.15) is 0 Å². The van der Waals surface area contributed by atoms with Gasteiger partial charge in [-0.15, -0.1) is 0 Å². The van der Waals surface area contributed by atoms with Gasteiger partial charge < -0.3 is 15.2 Å². The molecule has 118 valence electrons. The number of aliphatic carboxylic acids is 1. The van der Waals surface area contributed by atoms with Crippen molar-refractivity contribution in [1.29, 1.82) is 0 Å². The van der Waals surface area contributed by atoms with Crippen molar-refractivity contribution in [3.8, 4) is 5.88 Å². The summed E-state index contributed by atoms with van der Waals surface area (Å²) >= 11 is 0. The van der Waals surface area contributed by atoms with Crippen molar-refractivity contribution in [3.05, 3.63) is 11.8 Å². The summed E-state index contributed by atoms with van der Waals surface area (Å²) in [5, 5.41) is 12.5. The highest BCUT2D eigenvalue weighted by molar-refractivity contribution is 5.75. The van der Waals surface area contributed by atoms with Gasteiger partial charge in [0.05, 0.1) is 11.5 Å². The van der Waals surface area contributed by atoms with E-state index < -0.39 is 11.4 Å². The summed E-state index contributed by atoms with van der Waals surface area (Å²) in [6, 6.07) is 1.76. The van der Waals surface area contributed by atoms with Gasteiger partial charge in [0.15, 0.2) is 0 Å². The summed E-state index contributed by atoms with van der Waals surface area (Å²) in [5.41, 5.74) is -0.0244. The van der Waals surface area contributed by atoms with E-state index in [9.17, 15) is 9.90 Å². The van der Waals surface area contributed by atoms with Gasteiger partial charge in [-0.2, -0.15) is 4.98 Å². The summed E-state index contributed by atoms with van der Waals surface area (Å²) < 4.78 is 5.56. The highest BCUT2D eigenvalue weighted by Gasteiger charge is 2.34. The summed E-state index contributed by atoms with van der Waals surface area (Å²) in [6.45, 7) is 9.75. The molecule has 0 aliphatic heterocycles. The molecule has 0 saturated carbocycles. The molecular formula is C15H25N3O3. The predicted molar refractivity (Wildman–Crippen MR) is 81.7 cm³/mol. The number of rotatable bonds is 8. The SMILES string of the molecule is CCC(CC)(CNc1nc(C)cc(OC(C)C)n1)C(=O)O. The van der Waals surface area contributed by atoms with Gasteiger partial charge in [0, 0.05) is 18.3 Å². The van der Waals surface area contributed by atoms with Crippen LogP contribution in [0.1, 0.15) is 46.2 Å². The van der Waals surface area contributed by atoms with E-state index in [1.54, 1.807) is 6.07 Å². The molecular weight excluding hydrogens is 270 g/mol. The maximum Gasteiger partial charge on any atom is 0.311 e. The van der Waals surface area contributed by atoms with Crippen molar-refractivity contribution in [2.75, 3.05) is 11.9 Å².